The molecule has 0 heterocycles. The lowest BCUT2D eigenvalue weighted by atomic mass is 9.97. The van der Waals surface area contributed by atoms with E-state index in [1.807, 2.05) is 13.1 Å². The Bertz CT molecular complexity index is 613. The monoisotopic (exact) mass is 387 g/mol. The first-order valence-electron chi connectivity index (χ1n) is 6.39. The fraction of sp³-hybridized carbons (Fsp3) is 0.250. The Kier molecular flexibility index (Phi) is 5.10. The lowest BCUT2D eigenvalue weighted by Crippen LogP contribution is -2.20. The van der Waals surface area contributed by atoms with Crippen LogP contribution in [0.3, 0.4) is 0 Å². The van der Waals surface area contributed by atoms with Crippen molar-refractivity contribution in [2.75, 3.05) is 7.05 Å². The molecule has 0 spiro atoms. The van der Waals surface area contributed by atoms with Crippen LogP contribution in [0.5, 0.6) is 0 Å². The number of nitrogens with one attached hydrogen (secondary N) is 1. The van der Waals surface area contributed by atoms with Crippen LogP contribution in [0.25, 0.3) is 0 Å². The summed E-state index contributed by atoms with van der Waals surface area (Å²) in [7, 11) is 1.88. The van der Waals surface area contributed by atoms with E-state index in [1.165, 1.54) is 26.8 Å². The summed E-state index contributed by atoms with van der Waals surface area (Å²) >= 11 is 2.32. The molecule has 0 aromatic heterocycles. The first-order valence-corrected chi connectivity index (χ1v) is 7.47. The molecule has 0 amide bonds. The maximum absolute atomic E-state index is 13.3. The van der Waals surface area contributed by atoms with E-state index >= 15 is 0 Å². The number of aryl methyl sites for hydroxylation is 1. The molecule has 2 aromatic carbocycles. The average Bonchev–Trinajstić information content (AvgIpc) is 2.43. The van der Waals surface area contributed by atoms with Gasteiger partial charge in [-0.15, -0.1) is 0 Å². The van der Waals surface area contributed by atoms with Crippen LogP contribution in [0.2, 0.25) is 0 Å². The van der Waals surface area contributed by atoms with Crippen molar-refractivity contribution in [1.82, 2.24) is 5.32 Å². The van der Waals surface area contributed by atoms with Gasteiger partial charge in [0.2, 0.25) is 0 Å². The van der Waals surface area contributed by atoms with E-state index in [0.29, 0.717) is 6.42 Å². The van der Waals surface area contributed by atoms with Crippen molar-refractivity contribution in [3.8, 4) is 0 Å². The van der Waals surface area contributed by atoms with E-state index in [1.54, 1.807) is 6.07 Å². The summed E-state index contributed by atoms with van der Waals surface area (Å²) in [5.74, 6) is -1.60. The molecule has 0 radical (unpaired) electrons. The quantitative estimate of drug-likeness (QED) is 0.768. The van der Waals surface area contributed by atoms with E-state index in [9.17, 15) is 8.78 Å². The highest BCUT2D eigenvalue weighted by Gasteiger charge is 2.15. The van der Waals surface area contributed by atoms with Gasteiger partial charge in [-0.05, 0) is 71.8 Å². The van der Waals surface area contributed by atoms with Gasteiger partial charge in [-0.25, -0.2) is 8.78 Å². The van der Waals surface area contributed by atoms with Gasteiger partial charge in [0, 0.05) is 9.61 Å². The van der Waals surface area contributed by atoms with Gasteiger partial charge in [0.05, 0.1) is 0 Å². The van der Waals surface area contributed by atoms with Crippen molar-refractivity contribution in [2.24, 2.45) is 0 Å². The van der Waals surface area contributed by atoms with Crippen LogP contribution in [-0.2, 0) is 6.42 Å². The smallest absolute Gasteiger partial charge is 0.159 e. The predicted molar refractivity (Wildman–Crippen MR) is 85.8 cm³/mol. The van der Waals surface area contributed by atoms with Crippen LogP contribution in [0.1, 0.15) is 22.7 Å². The Morgan fingerprint density at radius 3 is 2.55 bits per heavy atom. The van der Waals surface area contributed by atoms with Gasteiger partial charge in [0.25, 0.3) is 0 Å². The molecule has 0 fully saturated rings. The number of halogens is 3. The molecule has 1 atom stereocenters. The van der Waals surface area contributed by atoms with Crippen molar-refractivity contribution < 1.29 is 8.78 Å². The molecule has 2 aromatic rings. The summed E-state index contributed by atoms with van der Waals surface area (Å²) in [6, 6.07) is 10.3. The summed E-state index contributed by atoms with van der Waals surface area (Å²) in [5.41, 5.74) is 3.17. The lowest BCUT2D eigenvalue weighted by Gasteiger charge is -2.19. The van der Waals surface area contributed by atoms with Gasteiger partial charge in [0.15, 0.2) is 11.6 Å². The third-order valence-corrected chi connectivity index (χ3v) is 4.84. The molecule has 20 heavy (non-hydrogen) atoms. The van der Waals surface area contributed by atoms with Gasteiger partial charge in [-0.2, -0.15) is 0 Å². The number of hydrogen-bond donors (Lipinski definition) is 1. The third kappa shape index (κ3) is 3.35. The molecule has 106 valence electrons. The van der Waals surface area contributed by atoms with E-state index in [-0.39, 0.29) is 6.04 Å². The zero-order valence-corrected chi connectivity index (χ0v) is 13.5. The first-order chi connectivity index (χ1) is 9.52. The van der Waals surface area contributed by atoms with Crippen molar-refractivity contribution in [1.29, 1.82) is 0 Å². The Morgan fingerprint density at radius 1 is 1.15 bits per heavy atom. The Morgan fingerprint density at radius 2 is 1.90 bits per heavy atom. The molecule has 2 rings (SSSR count). The number of benzene rings is 2. The van der Waals surface area contributed by atoms with Crippen molar-refractivity contribution >= 4 is 22.6 Å². The number of likely N-dealkylation sites (N-methyl/N-ethyl adjacent to an activating group) is 1. The minimum atomic E-state index is -0.806. The van der Waals surface area contributed by atoms with Crippen LogP contribution in [0.15, 0.2) is 36.4 Å². The highest BCUT2D eigenvalue weighted by molar-refractivity contribution is 14.1. The number of rotatable bonds is 4. The third-order valence-electron chi connectivity index (χ3n) is 3.37. The molecule has 0 aliphatic heterocycles. The second-order valence-electron chi connectivity index (χ2n) is 4.77. The molecule has 1 nitrogen and oxygen atoms in total. The summed E-state index contributed by atoms with van der Waals surface area (Å²) < 4.78 is 27.4. The van der Waals surface area contributed by atoms with Gasteiger partial charge in [0.1, 0.15) is 0 Å². The van der Waals surface area contributed by atoms with Gasteiger partial charge in [-0.1, -0.05) is 24.3 Å². The summed E-state index contributed by atoms with van der Waals surface area (Å²) in [4.78, 5) is 0. The first kappa shape index (κ1) is 15.4. The zero-order valence-electron chi connectivity index (χ0n) is 11.4. The molecule has 0 aliphatic rings. The minimum absolute atomic E-state index is 0.0756. The molecule has 0 bridgehead atoms. The summed E-state index contributed by atoms with van der Waals surface area (Å²) in [5, 5.41) is 3.25. The predicted octanol–water partition coefficient (Wildman–Crippen LogP) is 4.38. The standard InChI is InChI=1S/C16H16F2IN/c1-10-4-3-5-12(16(10)19)15(20-2)9-11-6-7-13(17)14(18)8-11/h3-8,15,20H,9H2,1-2H3. The molecule has 1 N–H and O–H groups in total. The van der Waals surface area contributed by atoms with Crippen LogP contribution in [-0.4, -0.2) is 7.05 Å². The molecule has 0 saturated heterocycles. The van der Waals surface area contributed by atoms with Gasteiger partial charge < -0.3 is 5.32 Å². The fourth-order valence-corrected chi connectivity index (χ4v) is 2.94. The minimum Gasteiger partial charge on any atom is -0.313 e. The van der Waals surface area contributed by atoms with Crippen LogP contribution >= 0.6 is 22.6 Å². The Labute approximate surface area is 131 Å². The van der Waals surface area contributed by atoms with E-state index in [4.69, 9.17) is 0 Å². The fourth-order valence-electron chi connectivity index (χ4n) is 2.21. The number of hydrogen-bond acceptors (Lipinski definition) is 1. The molecule has 1 unspecified atom stereocenters. The van der Waals surface area contributed by atoms with Crippen molar-refractivity contribution in [3.05, 3.63) is 68.3 Å². The Hall–Kier alpha value is -1.01. The van der Waals surface area contributed by atoms with Crippen molar-refractivity contribution in [3.63, 3.8) is 0 Å². The zero-order chi connectivity index (χ0) is 14.7. The SMILES string of the molecule is CNC(Cc1ccc(F)c(F)c1)c1cccc(C)c1I. The Balaban J connectivity index is 2.28. The maximum atomic E-state index is 13.3. The van der Waals surface area contributed by atoms with Crippen molar-refractivity contribution in [2.45, 2.75) is 19.4 Å². The molecular formula is C16H16F2IN. The van der Waals surface area contributed by atoms with Crippen LogP contribution in [0.4, 0.5) is 8.78 Å². The molecular weight excluding hydrogens is 371 g/mol. The normalized spacial score (nSPS) is 12.4. The maximum Gasteiger partial charge on any atom is 0.159 e. The highest BCUT2D eigenvalue weighted by Crippen LogP contribution is 2.26. The van der Waals surface area contributed by atoms with Crippen LogP contribution in [0, 0.1) is 22.1 Å². The van der Waals surface area contributed by atoms with E-state index in [0.717, 1.165) is 5.56 Å². The highest BCUT2D eigenvalue weighted by atomic mass is 127. The average molecular weight is 387 g/mol. The lowest BCUT2D eigenvalue weighted by molar-refractivity contribution is 0.504. The van der Waals surface area contributed by atoms with Gasteiger partial charge in [-0.3, -0.25) is 0 Å². The molecule has 4 heteroatoms. The topological polar surface area (TPSA) is 12.0 Å². The molecule has 0 aliphatic carbocycles. The summed E-state index contributed by atoms with van der Waals surface area (Å²) in [6.07, 6.45) is 0.618. The molecule has 0 saturated carbocycles. The van der Waals surface area contributed by atoms with Gasteiger partial charge >= 0.3 is 0 Å². The second-order valence-corrected chi connectivity index (χ2v) is 5.85. The van der Waals surface area contributed by atoms with Crippen LogP contribution < -0.4 is 5.32 Å². The second kappa shape index (κ2) is 6.63. The summed E-state index contributed by atoms with van der Waals surface area (Å²) in [6.45, 7) is 2.07. The van der Waals surface area contributed by atoms with E-state index in [2.05, 4.69) is 47.0 Å². The largest absolute Gasteiger partial charge is 0.313 e. The van der Waals surface area contributed by atoms with E-state index < -0.39 is 11.6 Å².